The Morgan fingerprint density at radius 3 is 2.41 bits per heavy atom. The van der Waals surface area contributed by atoms with Gasteiger partial charge in [-0.2, -0.15) is 0 Å². The zero-order valence-corrected chi connectivity index (χ0v) is 21.1. The predicted molar refractivity (Wildman–Crippen MR) is 133 cm³/mol. The maximum atomic E-state index is 13.6. The molecule has 1 aromatic rings. The number of imide groups is 1. The summed E-state index contributed by atoms with van der Waals surface area (Å²) in [5.41, 5.74) is 0.546. The van der Waals surface area contributed by atoms with Crippen LogP contribution < -0.4 is 10.6 Å². The number of allylic oxidation sites excluding steroid dienone is 2. The van der Waals surface area contributed by atoms with Gasteiger partial charge in [-0.15, -0.1) is 24.0 Å². The first-order valence-corrected chi connectivity index (χ1v) is 11.1. The monoisotopic (exact) mass is 554 g/mol. The Hall–Kier alpha value is -1.97. The van der Waals surface area contributed by atoms with Gasteiger partial charge in [0.2, 0.25) is 11.8 Å². The van der Waals surface area contributed by atoms with Gasteiger partial charge in [-0.25, -0.2) is 4.39 Å². The third-order valence-electron chi connectivity index (χ3n) is 6.77. The van der Waals surface area contributed by atoms with E-state index in [0.717, 1.165) is 12.0 Å². The number of amides is 2. The van der Waals surface area contributed by atoms with E-state index in [9.17, 15) is 14.0 Å². The first-order chi connectivity index (χ1) is 14.8. The summed E-state index contributed by atoms with van der Waals surface area (Å²) in [6, 6.07) is 6.59. The van der Waals surface area contributed by atoms with Crippen molar-refractivity contribution >= 4 is 41.8 Å². The Kier molecular flexibility index (Phi) is 7.62. The van der Waals surface area contributed by atoms with E-state index in [-0.39, 0.29) is 70.7 Å². The van der Waals surface area contributed by atoms with Crippen LogP contribution in [0.2, 0.25) is 0 Å². The number of rotatable bonds is 7. The summed E-state index contributed by atoms with van der Waals surface area (Å²) in [4.78, 5) is 31.7. The molecule has 4 atom stereocenters. The summed E-state index contributed by atoms with van der Waals surface area (Å²) in [6.07, 6.45) is 5.15. The van der Waals surface area contributed by atoms with E-state index in [0.29, 0.717) is 32.1 Å². The summed E-state index contributed by atoms with van der Waals surface area (Å²) < 4.78 is 13.6. The number of hydrogen-bond donors (Lipinski definition) is 2. The molecule has 3 aliphatic rings. The summed E-state index contributed by atoms with van der Waals surface area (Å²) >= 11 is 0. The molecule has 6 nitrogen and oxygen atoms in total. The zero-order chi connectivity index (χ0) is 22.2. The highest BCUT2D eigenvalue weighted by Gasteiger charge is 2.58. The minimum atomic E-state index is -0.338. The second kappa shape index (κ2) is 9.89. The number of nitrogens with one attached hydrogen (secondary N) is 2. The zero-order valence-electron chi connectivity index (χ0n) is 18.8. The average molecular weight is 554 g/mol. The lowest BCUT2D eigenvalue weighted by Crippen LogP contribution is -2.44. The molecule has 4 rings (SSSR count). The lowest BCUT2D eigenvalue weighted by atomic mass is 9.85. The number of likely N-dealkylation sites (tertiary alicyclic amines) is 1. The number of guanidine groups is 1. The van der Waals surface area contributed by atoms with Crippen molar-refractivity contribution in [2.75, 3.05) is 26.2 Å². The number of nitrogens with zero attached hydrogens (tertiary/aromatic N) is 2. The molecule has 1 saturated carbocycles. The van der Waals surface area contributed by atoms with Crippen LogP contribution in [0.3, 0.4) is 0 Å². The van der Waals surface area contributed by atoms with Crippen LogP contribution >= 0.6 is 24.0 Å². The fourth-order valence-corrected chi connectivity index (χ4v) is 5.09. The van der Waals surface area contributed by atoms with Gasteiger partial charge in [0.1, 0.15) is 5.82 Å². The molecule has 32 heavy (non-hydrogen) atoms. The fraction of sp³-hybridized carbons (Fsp3) is 0.542. The molecule has 1 aromatic carbocycles. The van der Waals surface area contributed by atoms with Gasteiger partial charge in [-0.05, 0) is 42.9 Å². The first-order valence-electron chi connectivity index (χ1n) is 11.1. The Labute approximate surface area is 206 Å². The van der Waals surface area contributed by atoms with Crippen LogP contribution in [-0.4, -0.2) is 48.9 Å². The fourth-order valence-electron chi connectivity index (χ4n) is 5.09. The minimum absolute atomic E-state index is 0. The highest BCUT2D eigenvalue weighted by atomic mass is 127. The number of carbonyl (C=O) groups excluding carboxylic acids is 2. The van der Waals surface area contributed by atoms with Crippen LogP contribution in [-0.2, 0) is 15.0 Å². The Bertz CT molecular complexity index is 902. The van der Waals surface area contributed by atoms with Gasteiger partial charge in [-0.3, -0.25) is 19.5 Å². The van der Waals surface area contributed by atoms with Gasteiger partial charge in [0.15, 0.2) is 5.96 Å². The van der Waals surface area contributed by atoms with Gasteiger partial charge in [0, 0.05) is 25.0 Å². The maximum Gasteiger partial charge on any atom is 0.233 e. The van der Waals surface area contributed by atoms with E-state index in [1.165, 1.54) is 11.0 Å². The average Bonchev–Trinajstić information content (AvgIpc) is 3.41. The van der Waals surface area contributed by atoms with Crippen LogP contribution in [0.4, 0.5) is 4.39 Å². The van der Waals surface area contributed by atoms with Crippen LogP contribution in [0.5, 0.6) is 0 Å². The second-order valence-corrected chi connectivity index (χ2v) is 9.34. The number of hydrogen-bond acceptors (Lipinski definition) is 3. The molecule has 0 spiro atoms. The molecule has 2 bridgehead atoms. The van der Waals surface area contributed by atoms with Crippen molar-refractivity contribution in [3.8, 4) is 0 Å². The molecule has 0 aromatic heterocycles. The van der Waals surface area contributed by atoms with Crippen molar-refractivity contribution in [2.24, 2.45) is 28.7 Å². The third-order valence-corrected chi connectivity index (χ3v) is 6.77. The van der Waals surface area contributed by atoms with E-state index in [2.05, 4.69) is 27.8 Å². The molecule has 2 amide bonds. The SMILES string of the molecule is CCNC(=NCC(C)(C)c1cccc(F)c1)NCCN1C(=O)C2C3C=CC(C3)C2C1=O.I. The van der Waals surface area contributed by atoms with E-state index in [1.54, 1.807) is 12.1 Å². The molecular weight excluding hydrogens is 522 g/mol. The molecule has 1 aliphatic heterocycles. The molecule has 1 saturated heterocycles. The van der Waals surface area contributed by atoms with Crippen molar-refractivity contribution in [1.82, 2.24) is 15.5 Å². The van der Waals surface area contributed by atoms with Crippen LogP contribution in [0.15, 0.2) is 41.4 Å². The molecule has 1 heterocycles. The van der Waals surface area contributed by atoms with E-state index >= 15 is 0 Å². The van der Waals surface area contributed by atoms with E-state index < -0.39 is 0 Å². The summed E-state index contributed by atoms with van der Waals surface area (Å²) in [5, 5.41) is 6.43. The predicted octanol–water partition coefficient (Wildman–Crippen LogP) is 3.08. The summed E-state index contributed by atoms with van der Waals surface area (Å²) in [7, 11) is 0. The molecule has 4 unspecified atom stereocenters. The highest BCUT2D eigenvalue weighted by Crippen LogP contribution is 2.52. The lowest BCUT2D eigenvalue weighted by Gasteiger charge is -2.24. The van der Waals surface area contributed by atoms with Crippen LogP contribution in [0.1, 0.15) is 32.8 Å². The molecule has 2 fully saturated rings. The number of halogens is 2. The number of fused-ring (bicyclic) bond motifs is 5. The standard InChI is InChI=1S/C24H31FN4O2.HI/c1-4-26-23(28-14-24(2,3)17-6-5-7-18(25)13-17)27-10-11-29-21(30)19-15-8-9-16(12-15)20(19)22(29)31;/h5-9,13,15-16,19-20H,4,10-12,14H2,1-3H3,(H2,26,27,28);1H. The van der Waals surface area contributed by atoms with Crippen molar-refractivity contribution in [1.29, 1.82) is 0 Å². The Morgan fingerprint density at radius 1 is 1.16 bits per heavy atom. The molecule has 2 aliphatic carbocycles. The summed E-state index contributed by atoms with van der Waals surface area (Å²) in [5.74, 6) is 0.459. The highest BCUT2D eigenvalue weighted by molar-refractivity contribution is 14.0. The smallest absolute Gasteiger partial charge is 0.233 e. The quantitative estimate of drug-likeness (QED) is 0.179. The maximum absolute atomic E-state index is 13.6. The van der Waals surface area contributed by atoms with Crippen molar-refractivity contribution in [3.05, 3.63) is 47.8 Å². The van der Waals surface area contributed by atoms with E-state index in [1.807, 2.05) is 26.8 Å². The third kappa shape index (κ3) is 4.70. The Balaban J connectivity index is 0.00000289. The molecule has 8 heteroatoms. The number of benzene rings is 1. The molecular formula is C24H32FIN4O2. The topological polar surface area (TPSA) is 73.8 Å². The van der Waals surface area contributed by atoms with Crippen molar-refractivity contribution in [3.63, 3.8) is 0 Å². The second-order valence-electron chi connectivity index (χ2n) is 9.34. The lowest BCUT2D eigenvalue weighted by molar-refractivity contribution is -0.140. The number of carbonyl (C=O) groups is 2. The van der Waals surface area contributed by atoms with Gasteiger partial charge >= 0.3 is 0 Å². The minimum Gasteiger partial charge on any atom is -0.357 e. The number of aliphatic imine (C=N–C) groups is 1. The van der Waals surface area contributed by atoms with Crippen LogP contribution in [0.25, 0.3) is 0 Å². The Morgan fingerprint density at radius 2 is 1.81 bits per heavy atom. The molecule has 2 N–H and O–H groups in total. The molecule has 174 valence electrons. The van der Waals surface area contributed by atoms with Gasteiger partial charge < -0.3 is 10.6 Å². The van der Waals surface area contributed by atoms with Crippen LogP contribution in [0, 0.1) is 29.5 Å². The molecule has 0 radical (unpaired) electrons. The van der Waals surface area contributed by atoms with Crippen molar-refractivity contribution < 1.29 is 14.0 Å². The van der Waals surface area contributed by atoms with Crippen molar-refractivity contribution in [2.45, 2.75) is 32.6 Å². The normalized spacial score (nSPS) is 26.4. The largest absolute Gasteiger partial charge is 0.357 e. The van der Waals surface area contributed by atoms with E-state index in [4.69, 9.17) is 0 Å². The van der Waals surface area contributed by atoms with Gasteiger partial charge in [0.25, 0.3) is 0 Å². The summed E-state index contributed by atoms with van der Waals surface area (Å²) in [6.45, 7) is 7.95. The van der Waals surface area contributed by atoms with Gasteiger partial charge in [-0.1, -0.05) is 38.1 Å². The van der Waals surface area contributed by atoms with Gasteiger partial charge in [0.05, 0.1) is 18.4 Å². The first kappa shape index (κ1) is 24.7.